The van der Waals surface area contributed by atoms with Gasteiger partial charge in [-0.2, -0.15) is 13.2 Å². The third kappa shape index (κ3) is 3.01. The molecular weight excluding hydrogens is 277 g/mol. The molecule has 0 saturated heterocycles. The molecule has 0 aliphatic heterocycles. The second-order valence-corrected chi connectivity index (χ2v) is 4.61. The molecule has 0 fully saturated rings. The maximum Gasteiger partial charge on any atom is 0.449 e. The van der Waals surface area contributed by atoms with E-state index in [1.165, 1.54) is 11.8 Å². The van der Waals surface area contributed by atoms with Crippen LogP contribution in [0.25, 0.3) is 11.1 Å². The van der Waals surface area contributed by atoms with Crippen molar-refractivity contribution in [2.24, 2.45) is 0 Å². The smallest absolute Gasteiger partial charge is 0.418 e. The van der Waals surface area contributed by atoms with Crippen molar-refractivity contribution >= 4 is 11.8 Å². The van der Waals surface area contributed by atoms with Gasteiger partial charge in [-0.25, -0.2) is 4.79 Å². The van der Waals surface area contributed by atoms with Crippen molar-refractivity contribution in [2.75, 3.05) is 6.26 Å². The highest BCUT2D eigenvalue weighted by atomic mass is 32.2. The van der Waals surface area contributed by atoms with Gasteiger partial charge in [0.15, 0.2) is 0 Å². The molecule has 100 valence electrons. The Morgan fingerprint density at radius 2 is 1.68 bits per heavy atom. The van der Waals surface area contributed by atoms with Crippen LogP contribution < -0.4 is 5.63 Å². The van der Waals surface area contributed by atoms with E-state index in [-0.39, 0.29) is 5.56 Å². The van der Waals surface area contributed by atoms with E-state index in [4.69, 9.17) is 0 Å². The number of hydrogen-bond acceptors (Lipinski definition) is 3. The Balaban J connectivity index is 2.43. The summed E-state index contributed by atoms with van der Waals surface area (Å²) in [5, 5.41) is 0. The lowest BCUT2D eigenvalue weighted by Gasteiger charge is -2.06. The minimum atomic E-state index is -4.65. The summed E-state index contributed by atoms with van der Waals surface area (Å²) in [6.07, 6.45) is -2.75. The molecule has 0 N–H and O–H groups in total. The number of benzene rings is 1. The van der Waals surface area contributed by atoms with Gasteiger partial charge in [0.25, 0.3) is 0 Å². The van der Waals surface area contributed by atoms with Crippen molar-refractivity contribution in [1.82, 2.24) is 0 Å². The number of hydrogen-bond donors (Lipinski definition) is 0. The summed E-state index contributed by atoms with van der Waals surface area (Å²) < 4.78 is 41.4. The molecule has 2 nitrogen and oxygen atoms in total. The first-order chi connectivity index (χ1) is 8.91. The minimum Gasteiger partial charge on any atom is -0.418 e. The molecule has 0 unspecified atom stereocenters. The van der Waals surface area contributed by atoms with Crippen molar-refractivity contribution in [2.45, 2.75) is 11.1 Å². The van der Waals surface area contributed by atoms with E-state index in [9.17, 15) is 18.0 Å². The van der Waals surface area contributed by atoms with Crippen molar-refractivity contribution in [3.63, 3.8) is 0 Å². The van der Waals surface area contributed by atoms with E-state index in [2.05, 4.69) is 4.42 Å². The maximum absolute atomic E-state index is 12.4. The summed E-state index contributed by atoms with van der Waals surface area (Å²) in [6.45, 7) is 0. The Bertz CT molecular complexity index is 630. The number of thioether (sulfide) groups is 1. The van der Waals surface area contributed by atoms with Gasteiger partial charge < -0.3 is 4.42 Å². The van der Waals surface area contributed by atoms with Crippen molar-refractivity contribution in [3.8, 4) is 11.1 Å². The quantitative estimate of drug-likeness (QED) is 0.780. The van der Waals surface area contributed by atoms with E-state index in [0.717, 1.165) is 17.0 Å². The molecule has 1 aromatic carbocycles. The number of rotatable bonds is 2. The van der Waals surface area contributed by atoms with Gasteiger partial charge in [0.1, 0.15) is 0 Å². The average molecular weight is 286 g/mol. The predicted molar refractivity (Wildman–Crippen MR) is 67.2 cm³/mol. The van der Waals surface area contributed by atoms with Gasteiger partial charge >= 0.3 is 11.8 Å². The summed E-state index contributed by atoms with van der Waals surface area (Å²) in [4.78, 5) is 12.6. The molecular formula is C13H9F3O2S. The molecule has 0 amide bonds. The SMILES string of the molecule is CSc1ccc(-c2ccc(C(F)(F)F)oc2=O)cc1. The van der Waals surface area contributed by atoms with E-state index in [1.54, 1.807) is 24.3 Å². The molecule has 0 saturated carbocycles. The van der Waals surface area contributed by atoms with Crippen LogP contribution >= 0.6 is 11.8 Å². The molecule has 0 aliphatic carbocycles. The zero-order valence-electron chi connectivity index (χ0n) is 9.82. The first-order valence-electron chi connectivity index (χ1n) is 5.27. The molecule has 19 heavy (non-hydrogen) atoms. The van der Waals surface area contributed by atoms with Crippen molar-refractivity contribution in [1.29, 1.82) is 0 Å². The normalized spacial score (nSPS) is 11.6. The van der Waals surface area contributed by atoms with Crippen molar-refractivity contribution in [3.05, 3.63) is 52.6 Å². The van der Waals surface area contributed by atoms with Crippen LogP contribution in [0.1, 0.15) is 5.76 Å². The third-order valence-corrected chi connectivity index (χ3v) is 3.25. The summed E-state index contributed by atoms with van der Waals surface area (Å²) >= 11 is 1.53. The van der Waals surface area contributed by atoms with Gasteiger partial charge in [0, 0.05) is 4.90 Å². The summed E-state index contributed by atoms with van der Waals surface area (Å²) in [7, 11) is 0. The van der Waals surface area contributed by atoms with Gasteiger partial charge in [-0.3, -0.25) is 0 Å². The fourth-order valence-corrected chi connectivity index (χ4v) is 1.96. The van der Waals surface area contributed by atoms with Crippen LogP contribution in [-0.2, 0) is 6.18 Å². The van der Waals surface area contributed by atoms with Gasteiger partial charge in [-0.1, -0.05) is 12.1 Å². The molecule has 0 radical (unpaired) electrons. The fourth-order valence-electron chi connectivity index (χ4n) is 1.55. The average Bonchev–Trinajstić information content (AvgIpc) is 2.38. The van der Waals surface area contributed by atoms with Gasteiger partial charge in [-0.05, 0) is 36.1 Å². The molecule has 0 aliphatic rings. The lowest BCUT2D eigenvalue weighted by atomic mass is 10.1. The summed E-state index contributed by atoms with van der Waals surface area (Å²) in [5.41, 5.74) is -0.354. The summed E-state index contributed by atoms with van der Waals surface area (Å²) in [5.74, 6) is -1.29. The Morgan fingerprint density at radius 3 is 2.16 bits per heavy atom. The zero-order valence-corrected chi connectivity index (χ0v) is 10.6. The first kappa shape index (κ1) is 13.7. The molecule has 2 rings (SSSR count). The molecule has 0 spiro atoms. The number of halogens is 3. The minimum absolute atomic E-state index is 0.112. The molecule has 2 aromatic rings. The summed E-state index contributed by atoms with van der Waals surface area (Å²) in [6, 6.07) is 8.81. The molecule has 1 aromatic heterocycles. The third-order valence-electron chi connectivity index (χ3n) is 2.50. The van der Waals surface area contributed by atoms with E-state index in [0.29, 0.717) is 5.56 Å². The topological polar surface area (TPSA) is 30.2 Å². The van der Waals surface area contributed by atoms with Crippen LogP contribution in [0.2, 0.25) is 0 Å². The second-order valence-electron chi connectivity index (χ2n) is 3.73. The van der Waals surface area contributed by atoms with Crippen LogP contribution in [-0.4, -0.2) is 6.26 Å². The maximum atomic E-state index is 12.4. The lowest BCUT2D eigenvalue weighted by molar-refractivity contribution is -0.154. The zero-order chi connectivity index (χ0) is 14.0. The van der Waals surface area contributed by atoms with Crippen LogP contribution in [0, 0.1) is 0 Å². The van der Waals surface area contributed by atoms with Crippen LogP contribution in [0.3, 0.4) is 0 Å². The molecule has 0 atom stereocenters. The van der Waals surface area contributed by atoms with Crippen LogP contribution in [0.15, 0.2) is 50.5 Å². The highest BCUT2D eigenvalue weighted by Gasteiger charge is 2.34. The number of alkyl halides is 3. The second kappa shape index (κ2) is 5.13. The first-order valence-corrected chi connectivity index (χ1v) is 6.50. The highest BCUT2D eigenvalue weighted by molar-refractivity contribution is 7.98. The fraction of sp³-hybridized carbons (Fsp3) is 0.154. The largest absolute Gasteiger partial charge is 0.449 e. The lowest BCUT2D eigenvalue weighted by Crippen LogP contribution is -2.11. The van der Waals surface area contributed by atoms with E-state index >= 15 is 0 Å². The van der Waals surface area contributed by atoms with Crippen molar-refractivity contribution < 1.29 is 17.6 Å². The molecule has 0 bridgehead atoms. The Kier molecular flexibility index (Phi) is 3.71. The molecule has 6 heteroatoms. The Hall–Kier alpha value is -1.69. The standard InChI is InChI=1S/C13H9F3O2S/c1-19-9-4-2-8(3-5-9)10-6-7-11(13(14,15)16)18-12(10)17/h2-7H,1H3. The van der Waals surface area contributed by atoms with Gasteiger partial charge in [0.2, 0.25) is 5.76 Å². The van der Waals surface area contributed by atoms with E-state index < -0.39 is 17.6 Å². The van der Waals surface area contributed by atoms with Gasteiger partial charge in [-0.15, -0.1) is 11.8 Å². The molecule has 1 heterocycles. The van der Waals surface area contributed by atoms with Crippen LogP contribution in [0.4, 0.5) is 13.2 Å². The van der Waals surface area contributed by atoms with Crippen LogP contribution in [0.5, 0.6) is 0 Å². The monoisotopic (exact) mass is 286 g/mol. The predicted octanol–water partition coefficient (Wildman–Crippen LogP) is 4.05. The Morgan fingerprint density at radius 1 is 1.05 bits per heavy atom. The highest BCUT2D eigenvalue weighted by Crippen LogP contribution is 2.29. The van der Waals surface area contributed by atoms with Gasteiger partial charge in [0.05, 0.1) is 5.56 Å². The Labute approximate surface area is 111 Å². The van der Waals surface area contributed by atoms with E-state index in [1.807, 2.05) is 6.26 Å².